The molecule has 0 aliphatic rings. The van der Waals surface area contributed by atoms with Gasteiger partial charge in [-0.25, -0.2) is 13.6 Å². The van der Waals surface area contributed by atoms with E-state index in [1.165, 1.54) is 6.07 Å². The van der Waals surface area contributed by atoms with Crippen molar-refractivity contribution >= 4 is 11.8 Å². The van der Waals surface area contributed by atoms with Crippen LogP contribution in [-0.2, 0) is 6.42 Å². The molecule has 0 saturated carbocycles. The number of benzene rings is 2. The number of carboxylic acid groups (broad SMARTS) is 1. The Kier molecular flexibility index (Phi) is 3.98. The molecule has 2 aromatic rings. The third kappa shape index (κ3) is 3.22. The van der Waals surface area contributed by atoms with E-state index in [0.717, 1.165) is 24.3 Å². The minimum atomic E-state index is -1.38. The van der Waals surface area contributed by atoms with E-state index < -0.39 is 34.7 Å². The number of carbonyl (C=O) groups excluding carboxylic acids is 1. The molecule has 0 fully saturated rings. The highest BCUT2D eigenvalue weighted by atomic mass is 19.1. The number of hydrogen-bond acceptors (Lipinski definition) is 3. The first-order valence-electron chi connectivity index (χ1n) is 5.92. The van der Waals surface area contributed by atoms with E-state index in [4.69, 9.17) is 5.11 Å². The molecule has 0 saturated heterocycles. The van der Waals surface area contributed by atoms with E-state index in [0.29, 0.717) is 6.07 Å². The predicted octanol–water partition coefficient (Wildman–Crippen LogP) is 2.79. The number of carboxylic acids is 1. The molecule has 0 unspecified atom stereocenters. The van der Waals surface area contributed by atoms with E-state index in [2.05, 4.69) is 0 Å². The Bertz CT molecular complexity index is 726. The van der Waals surface area contributed by atoms with Crippen LogP contribution in [-0.4, -0.2) is 22.0 Å². The molecule has 2 N–H and O–H groups in total. The average Bonchev–Trinajstić information content (AvgIpc) is 2.42. The summed E-state index contributed by atoms with van der Waals surface area (Å²) in [5.41, 5.74) is -0.388. The fraction of sp³-hybridized carbons (Fsp3) is 0.0667. The van der Waals surface area contributed by atoms with Gasteiger partial charge < -0.3 is 10.2 Å². The molecule has 0 heterocycles. The third-order valence-corrected chi connectivity index (χ3v) is 2.92. The summed E-state index contributed by atoms with van der Waals surface area (Å²) >= 11 is 0. The lowest BCUT2D eigenvalue weighted by molar-refractivity contribution is 0.0693. The van der Waals surface area contributed by atoms with E-state index >= 15 is 0 Å². The molecular formula is C15H10F2O4. The summed E-state index contributed by atoms with van der Waals surface area (Å²) in [5, 5.41) is 18.2. The van der Waals surface area contributed by atoms with Crippen LogP contribution in [0.5, 0.6) is 5.75 Å². The molecule has 2 rings (SSSR count). The fourth-order valence-corrected chi connectivity index (χ4v) is 1.82. The summed E-state index contributed by atoms with van der Waals surface area (Å²) in [7, 11) is 0. The molecule has 2 aromatic carbocycles. The van der Waals surface area contributed by atoms with Crippen molar-refractivity contribution in [1.29, 1.82) is 0 Å². The van der Waals surface area contributed by atoms with Crippen LogP contribution >= 0.6 is 0 Å². The second-order valence-electron chi connectivity index (χ2n) is 4.37. The van der Waals surface area contributed by atoms with Gasteiger partial charge in [0.05, 0.1) is 0 Å². The SMILES string of the molecule is O=C(Cc1ccc(F)cc1F)c1ccc(O)c(C(=O)O)c1. The maximum absolute atomic E-state index is 13.5. The number of rotatable bonds is 4. The van der Waals surface area contributed by atoms with Crippen LogP contribution in [0, 0.1) is 11.6 Å². The first kappa shape index (κ1) is 14.6. The second kappa shape index (κ2) is 5.70. The predicted molar refractivity (Wildman–Crippen MR) is 69.5 cm³/mol. The first-order valence-corrected chi connectivity index (χ1v) is 5.92. The summed E-state index contributed by atoms with van der Waals surface area (Å²) in [6.07, 6.45) is -0.337. The van der Waals surface area contributed by atoms with Crippen molar-refractivity contribution in [2.45, 2.75) is 6.42 Å². The maximum atomic E-state index is 13.5. The van der Waals surface area contributed by atoms with Gasteiger partial charge in [0.25, 0.3) is 0 Å². The lowest BCUT2D eigenvalue weighted by atomic mass is 10.0. The largest absolute Gasteiger partial charge is 0.507 e. The van der Waals surface area contributed by atoms with Crippen molar-refractivity contribution in [3.63, 3.8) is 0 Å². The van der Waals surface area contributed by atoms with Gasteiger partial charge in [0.2, 0.25) is 0 Å². The van der Waals surface area contributed by atoms with Gasteiger partial charge in [-0.1, -0.05) is 6.07 Å². The molecular weight excluding hydrogens is 282 g/mol. The number of ketones is 1. The second-order valence-corrected chi connectivity index (χ2v) is 4.37. The van der Waals surface area contributed by atoms with Crippen molar-refractivity contribution in [3.05, 3.63) is 64.7 Å². The Balaban J connectivity index is 2.28. The molecule has 108 valence electrons. The summed E-state index contributed by atoms with van der Waals surface area (Å²) in [5.74, 6) is -3.98. The number of carbonyl (C=O) groups is 2. The lowest BCUT2D eigenvalue weighted by Gasteiger charge is -2.05. The van der Waals surface area contributed by atoms with Crippen LogP contribution in [0.1, 0.15) is 26.3 Å². The molecule has 0 amide bonds. The smallest absolute Gasteiger partial charge is 0.339 e. The number of halogens is 2. The van der Waals surface area contributed by atoms with E-state index in [1.54, 1.807) is 0 Å². The van der Waals surface area contributed by atoms with Crippen LogP contribution in [0.15, 0.2) is 36.4 Å². The number of aromatic carboxylic acids is 1. The zero-order chi connectivity index (χ0) is 15.6. The average molecular weight is 292 g/mol. The Hall–Kier alpha value is -2.76. The summed E-state index contributed by atoms with van der Waals surface area (Å²) in [6, 6.07) is 6.19. The zero-order valence-electron chi connectivity index (χ0n) is 10.6. The zero-order valence-corrected chi connectivity index (χ0v) is 10.6. The summed E-state index contributed by atoms with van der Waals surface area (Å²) < 4.78 is 26.2. The van der Waals surface area contributed by atoms with Gasteiger partial charge in [0.1, 0.15) is 22.9 Å². The van der Waals surface area contributed by atoms with Gasteiger partial charge in [0, 0.05) is 18.1 Å². The van der Waals surface area contributed by atoms with Crippen molar-refractivity contribution in [2.75, 3.05) is 0 Å². The van der Waals surface area contributed by atoms with Crippen molar-refractivity contribution in [3.8, 4) is 5.75 Å². The van der Waals surface area contributed by atoms with Crippen molar-refractivity contribution < 1.29 is 28.6 Å². The van der Waals surface area contributed by atoms with Crippen LogP contribution in [0.4, 0.5) is 8.78 Å². The molecule has 0 bridgehead atoms. The molecule has 0 atom stereocenters. The molecule has 0 spiro atoms. The van der Waals surface area contributed by atoms with Gasteiger partial charge in [-0.2, -0.15) is 0 Å². The fourth-order valence-electron chi connectivity index (χ4n) is 1.82. The quantitative estimate of drug-likeness (QED) is 0.850. The molecule has 0 aliphatic carbocycles. The standard InChI is InChI=1S/C15H10F2O4/c16-10-3-1-8(12(17)7-10)6-14(19)9-2-4-13(18)11(5-9)15(20)21/h1-5,7,18H,6H2,(H,20,21). The highest BCUT2D eigenvalue weighted by Gasteiger charge is 2.16. The molecule has 0 aliphatic heterocycles. The van der Waals surface area contributed by atoms with Crippen LogP contribution < -0.4 is 0 Å². The van der Waals surface area contributed by atoms with E-state index in [1.807, 2.05) is 0 Å². The van der Waals surface area contributed by atoms with Crippen LogP contribution in [0.3, 0.4) is 0 Å². The topological polar surface area (TPSA) is 74.6 Å². The molecule has 6 heteroatoms. The molecule has 21 heavy (non-hydrogen) atoms. The minimum Gasteiger partial charge on any atom is -0.507 e. The normalized spacial score (nSPS) is 10.4. The monoisotopic (exact) mass is 292 g/mol. The third-order valence-electron chi connectivity index (χ3n) is 2.92. The van der Waals surface area contributed by atoms with E-state index in [-0.39, 0.29) is 17.5 Å². The Morgan fingerprint density at radius 1 is 1.05 bits per heavy atom. The van der Waals surface area contributed by atoms with E-state index in [9.17, 15) is 23.5 Å². The molecule has 4 nitrogen and oxygen atoms in total. The number of hydrogen-bond donors (Lipinski definition) is 2. The number of phenols is 1. The van der Waals surface area contributed by atoms with Crippen molar-refractivity contribution in [1.82, 2.24) is 0 Å². The molecule has 0 radical (unpaired) electrons. The lowest BCUT2D eigenvalue weighted by Crippen LogP contribution is -2.07. The van der Waals surface area contributed by atoms with Crippen LogP contribution in [0.2, 0.25) is 0 Å². The van der Waals surface area contributed by atoms with Gasteiger partial charge in [-0.15, -0.1) is 0 Å². The van der Waals surface area contributed by atoms with Crippen molar-refractivity contribution in [2.24, 2.45) is 0 Å². The van der Waals surface area contributed by atoms with Gasteiger partial charge in [-0.3, -0.25) is 4.79 Å². The summed E-state index contributed by atoms with van der Waals surface area (Å²) in [6.45, 7) is 0. The number of Topliss-reactive ketones (excluding diaryl/α,β-unsaturated/α-hetero) is 1. The van der Waals surface area contributed by atoms with Gasteiger partial charge in [-0.05, 0) is 29.8 Å². The van der Waals surface area contributed by atoms with Gasteiger partial charge in [0.15, 0.2) is 5.78 Å². The number of aromatic hydroxyl groups is 1. The van der Waals surface area contributed by atoms with Gasteiger partial charge >= 0.3 is 5.97 Å². The summed E-state index contributed by atoms with van der Waals surface area (Å²) in [4.78, 5) is 22.9. The Morgan fingerprint density at radius 3 is 2.38 bits per heavy atom. The first-order chi connectivity index (χ1) is 9.88. The highest BCUT2D eigenvalue weighted by Crippen LogP contribution is 2.20. The minimum absolute atomic E-state index is 0.00588. The van der Waals surface area contributed by atoms with Crippen LogP contribution in [0.25, 0.3) is 0 Å². The Morgan fingerprint density at radius 2 is 1.76 bits per heavy atom. The highest BCUT2D eigenvalue weighted by molar-refractivity contribution is 6.00. The molecule has 0 aromatic heterocycles. The maximum Gasteiger partial charge on any atom is 0.339 e. The Labute approximate surface area is 118 Å².